The molecule has 1 aliphatic rings. The molecule has 2 nitrogen and oxygen atoms in total. The van der Waals surface area contributed by atoms with Crippen molar-refractivity contribution in [2.45, 2.75) is 38.8 Å². The molecule has 1 heterocycles. The summed E-state index contributed by atoms with van der Waals surface area (Å²) >= 11 is 0. The largest absolute Gasteiger partial charge is 0.318 e. The number of hydrogen-bond acceptors (Lipinski definition) is 2. The lowest BCUT2D eigenvalue weighted by atomic mass is 10.1. The van der Waals surface area contributed by atoms with Gasteiger partial charge in [0, 0.05) is 19.1 Å². The zero-order chi connectivity index (χ0) is 12.1. The SMILES string of the molecule is CCc1ccc(CN2CCCC2CNC)cc1.Cl. The van der Waals surface area contributed by atoms with E-state index in [2.05, 4.69) is 41.4 Å². The fourth-order valence-electron chi connectivity index (χ4n) is 2.68. The standard InChI is InChI=1S/C15H24N2.ClH/c1-3-13-6-8-14(9-7-13)12-17-10-4-5-15(17)11-16-2;/h6-9,15-16H,3-5,10-12H2,1-2H3;1H. The van der Waals surface area contributed by atoms with Gasteiger partial charge in [0.1, 0.15) is 0 Å². The van der Waals surface area contributed by atoms with Gasteiger partial charge >= 0.3 is 0 Å². The third kappa shape index (κ3) is 3.98. The molecule has 0 aromatic heterocycles. The molecule has 1 fully saturated rings. The van der Waals surface area contributed by atoms with Crippen molar-refractivity contribution < 1.29 is 0 Å². The van der Waals surface area contributed by atoms with Crippen LogP contribution in [0.15, 0.2) is 24.3 Å². The zero-order valence-corrected chi connectivity index (χ0v) is 12.3. The minimum absolute atomic E-state index is 0. The third-order valence-electron chi connectivity index (χ3n) is 3.76. The van der Waals surface area contributed by atoms with Crippen LogP contribution in [-0.2, 0) is 13.0 Å². The minimum Gasteiger partial charge on any atom is -0.318 e. The van der Waals surface area contributed by atoms with Gasteiger partial charge in [0.2, 0.25) is 0 Å². The molecule has 1 aromatic rings. The van der Waals surface area contributed by atoms with Crippen LogP contribution in [0.1, 0.15) is 30.9 Å². The highest BCUT2D eigenvalue weighted by molar-refractivity contribution is 5.85. The Morgan fingerprint density at radius 3 is 2.50 bits per heavy atom. The van der Waals surface area contributed by atoms with Crippen molar-refractivity contribution in [3.63, 3.8) is 0 Å². The Hall–Kier alpha value is -0.570. The number of likely N-dealkylation sites (N-methyl/N-ethyl adjacent to an activating group) is 1. The zero-order valence-electron chi connectivity index (χ0n) is 11.5. The van der Waals surface area contributed by atoms with Gasteiger partial charge in [0.15, 0.2) is 0 Å². The molecule has 0 radical (unpaired) electrons. The molecule has 1 atom stereocenters. The summed E-state index contributed by atoms with van der Waals surface area (Å²) in [6, 6.07) is 9.82. The van der Waals surface area contributed by atoms with Crippen molar-refractivity contribution in [3.05, 3.63) is 35.4 Å². The van der Waals surface area contributed by atoms with Crippen molar-refractivity contribution in [3.8, 4) is 0 Å². The van der Waals surface area contributed by atoms with Gasteiger partial charge in [-0.2, -0.15) is 0 Å². The van der Waals surface area contributed by atoms with Gasteiger partial charge in [-0.1, -0.05) is 31.2 Å². The lowest BCUT2D eigenvalue weighted by Gasteiger charge is -2.24. The number of likely N-dealkylation sites (tertiary alicyclic amines) is 1. The number of nitrogens with one attached hydrogen (secondary N) is 1. The smallest absolute Gasteiger partial charge is 0.0237 e. The molecule has 18 heavy (non-hydrogen) atoms. The van der Waals surface area contributed by atoms with Crippen LogP contribution < -0.4 is 5.32 Å². The Balaban J connectivity index is 0.00000162. The van der Waals surface area contributed by atoms with Crippen molar-refractivity contribution in [1.82, 2.24) is 10.2 Å². The van der Waals surface area contributed by atoms with Crippen molar-refractivity contribution >= 4 is 12.4 Å². The first-order valence-electron chi connectivity index (χ1n) is 6.80. The van der Waals surface area contributed by atoms with Gasteiger partial charge in [0.25, 0.3) is 0 Å². The lowest BCUT2D eigenvalue weighted by Crippen LogP contribution is -2.36. The second kappa shape index (κ2) is 7.78. The third-order valence-corrected chi connectivity index (χ3v) is 3.76. The number of rotatable bonds is 5. The van der Waals surface area contributed by atoms with E-state index in [1.165, 1.54) is 30.5 Å². The second-order valence-electron chi connectivity index (χ2n) is 4.99. The molecule has 1 saturated heterocycles. The van der Waals surface area contributed by atoms with E-state index < -0.39 is 0 Å². The van der Waals surface area contributed by atoms with Crippen LogP contribution in [0, 0.1) is 0 Å². The molecule has 2 rings (SSSR count). The quantitative estimate of drug-likeness (QED) is 0.884. The Morgan fingerprint density at radius 1 is 1.22 bits per heavy atom. The van der Waals surface area contributed by atoms with Crippen molar-refractivity contribution in [2.24, 2.45) is 0 Å². The molecular formula is C15H25ClN2. The van der Waals surface area contributed by atoms with E-state index in [1.54, 1.807) is 0 Å². The molecule has 0 aliphatic carbocycles. The normalized spacial score (nSPS) is 19.8. The first-order valence-corrected chi connectivity index (χ1v) is 6.80. The van der Waals surface area contributed by atoms with Crippen LogP contribution in [0.25, 0.3) is 0 Å². The Kier molecular flexibility index (Phi) is 6.69. The van der Waals surface area contributed by atoms with Gasteiger partial charge < -0.3 is 5.32 Å². The van der Waals surface area contributed by atoms with Gasteiger partial charge in [-0.3, -0.25) is 4.90 Å². The number of benzene rings is 1. The molecule has 0 spiro atoms. The summed E-state index contributed by atoms with van der Waals surface area (Å²) in [7, 11) is 2.05. The number of nitrogens with zero attached hydrogens (tertiary/aromatic N) is 1. The van der Waals surface area contributed by atoms with Crippen LogP contribution in [-0.4, -0.2) is 31.1 Å². The van der Waals surface area contributed by atoms with E-state index in [4.69, 9.17) is 0 Å². The molecule has 1 unspecified atom stereocenters. The highest BCUT2D eigenvalue weighted by atomic mass is 35.5. The highest BCUT2D eigenvalue weighted by Gasteiger charge is 2.23. The molecule has 102 valence electrons. The summed E-state index contributed by atoms with van der Waals surface area (Å²) in [4.78, 5) is 2.61. The summed E-state index contributed by atoms with van der Waals surface area (Å²) in [6.45, 7) is 5.68. The first kappa shape index (κ1) is 15.5. The maximum absolute atomic E-state index is 3.30. The number of hydrogen-bond donors (Lipinski definition) is 1. The maximum Gasteiger partial charge on any atom is 0.0237 e. The lowest BCUT2D eigenvalue weighted by molar-refractivity contribution is 0.242. The van der Waals surface area contributed by atoms with Crippen molar-refractivity contribution in [2.75, 3.05) is 20.1 Å². The average molecular weight is 269 g/mol. The molecular weight excluding hydrogens is 244 g/mol. The summed E-state index contributed by atoms with van der Waals surface area (Å²) in [5.41, 5.74) is 2.88. The van der Waals surface area contributed by atoms with Crippen LogP contribution in [0.2, 0.25) is 0 Å². The first-order chi connectivity index (χ1) is 8.33. The Labute approximate surface area is 117 Å². The monoisotopic (exact) mass is 268 g/mol. The molecule has 0 bridgehead atoms. The number of halogens is 1. The summed E-state index contributed by atoms with van der Waals surface area (Å²) in [5, 5.41) is 3.30. The maximum atomic E-state index is 3.30. The summed E-state index contributed by atoms with van der Waals surface area (Å²) < 4.78 is 0. The predicted molar refractivity (Wildman–Crippen MR) is 80.4 cm³/mol. The minimum atomic E-state index is 0. The van der Waals surface area contributed by atoms with E-state index in [0.717, 1.165) is 25.6 Å². The van der Waals surface area contributed by atoms with E-state index in [-0.39, 0.29) is 12.4 Å². The topological polar surface area (TPSA) is 15.3 Å². The summed E-state index contributed by atoms with van der Waals surface area (Å²) in [6.07, 6.45) is 3.82. The molecule has 1 N–H and O–H groups in total. The average Bonchev–Trinajstić information content (AvgIpc) is 2.78. The van der Waals surface area contributed by atoms with Crippen molar-refractivity contribution in [1.29, 1.82) is 0 Å². The van der Waals surface area contributed by atoms with Gasteiger partial charge in [-0.05, 0) is 44.0 Å². The van der Waals surface area contributed by atoms with E-state index in [1.807, 2.05) is 7.05 Å². The van der Waals surface area contributed by atoms with Crippen LogP contribution in [0.4, 0.5) is 0 Å². The molecule has 0 saturated carbocycles. The van der Waals surface area contributed by atoms with Crippen LogP contribution >= 0.6 is 12.4 Å². The molecule has 3 heteroatoms. The van der Waals surface area contributed by atoms with E-state index in [9.17, 15) is 0 Å². The fourth-order valence-corrected chi connectivity index (χ4v) is 2.68. The van der Waals surface area contributed by atoms with E-state index >= 15 is 0 Å². The second-order valence-corrected chi connectivity index (χ2v) is 4.99. The summed E-state index contributed by atoms with van der Waals surface area (Å²) in [5.74, 6) is 0. The fraction of sp³-hybridized carbons (Fsp3) is 0.600. The molecule has 1 aromatic carbocycles. The predicted octanol–water partition coefficient (Wildman–Crippen LogP) is 2.85. The Morgan fingerprint density at radius 2 is 1.89 bits per heavy atom. The highest BCUT2D eigenvalue weighted by Crippen LogP contribution is 2.19. The Bertz CT molecular complexity index is 337. The van der Waals surface area contributed by atoms with Gasteiger partial charge in [-0.15, -0.1) is 12.4 Å². The van der Waals surface area contributed by atoms with Gasteiger partial charge in [0.05, 0.1) is 0 Å². The molecule has 1 aliphatic heterocycles. The van der Waals surface area contributed by atoms with E-state index in [0.29, 0.717) is 0 Å². The van der Waals surface area contributed by atoms with Gasteiger partial charge in [-0.25, -0.2) is 0 Å². The number of aryl methyl sites for hydroxylation is 1. The van der Waals surface area contributed by atoms with Crippen LogP contribution in [0.3, 0.4) is 0 Å². The van der Waals surface area contributed by atoms with Crippen LogP contribution in [0.5, 0.6) is 0 Å². The molecule has 0 amide bonds.